The summed E-state index contributed by atoms with van der Waals surface area (Å²) in [7, 11) is 0. The maximum atomic E-state index is 12.9. The quantitative estimate of drug-likeness (QED) is 0.823. The maximum absolute atomic E-state index is 12.9. The largest absolute Gasteiger partial charge is 0.460 e. The van der Waals surface area contributed by atoms with Crippen molar-refractivity contribution in [2.45, 2.75) is 26.4 Å². The van der Waals surface area contributed by atoms with Gasteiger partial charge in [-0.3, -0.25) is 0 Å². The van der Waals surface area contributed by atoms with Crippen molar-refractivity contribution in [1.82, 2.24) is 5.32 Å². The molecule has 2 aromatic rings. The van der Waals surface area contributed by atoms with Crippen LogP contribution in [-0.4, -0.2) is 17.5 Å². The topological polar surface area (TPSA) is 25.2 Å². The van der Waals surface area contributed by atoms with E-state index in [0.717, 1.165) is 28.6 Å². The third-order valence-electron chi connectivity index (χ3n) is 2.99. The van der Waals surface area contributed by atoms with E-state index in [-0.39, 0.29) is 5.82 Å². The summed E-state index contributed by atoms with van der Waals surface area (Å²) < 4.78 is 18.6. The summed E-state index contributed by atoms with van der Waals surface area (Å²) in [6, 6.07) is 10.7. The SMILES string of the molecule is CCSCC(C)NCc1ccc(-c2ccc(F)cc2)o1. The molecule has 1 heterocycles. The number of benzene rings is 1. The molecule has 0 aliphatic rings. The summed E-state index contributed by atoms with van der Waals surface area (Å²) in [6.07, 6.45) is 0. The number of hydrogen-bond acceptors (Lipinski definition) is 3. The molecule has 0 fully saturated rings. The van der Waals surface area contributed by atoms with Crippen molar-refractivity contribution in [2.24, 2.45) is 0 Å². The van der Waals surface area contributed by atoms with E-state index < -0.39 is 0 Å². The van der Waals surface area contributed by atoms with Crippen molar-refractivity contribution in [1.29, 1.82) is 0 Å². The van der Waals surface area contributed by atoms with Gasteiger partial charge in [0, 0.05) is 17.4 Å². The van der Waals surface area contributed by atoms with Crippen molar-refractivity contribution < 1.29 is 8.81 Å². The molecule has 1 atom stereocenters. The number of rotatable bonds is 7. The van der Waals surface area contributed by atoms with Gasteiger partial charge >= 0.3 is 0 Å². The molecule has 0 amide bonds. The molecule has 0 bridgehead atoms. The Balaban J connectivity index is 1.90. The summed E-state index contributed by atoms with van der Waals surface area (Å²) in [5.41, 5.74) is 0.896. The van der Waals surface area contributed by atoms with Gasteiger partial charge in [0.1, 0.15) is 17.3 Å². The minimum Gasteiger partial charge on any atom is -0.460 e. The van der Waals surface area contributed by atoms with Gasteiger partial charge in [0.05, 0.1) is 6.54 Å². The van der Waals surface area contributed by atoms with Gasteiger partial charge < -0.3 is 9.73 Å². The van der Waals surface area contributed by atoms with Crippen molar-refractivity contribution >= 4 is 11.8 Å². The Hall–Kier alpha value is -1.26. The first-order chi connectivity index (χ1) is 9.69. The molecule has 1 unspecified atom stereocenters. The van der Waals surface area contributed by atoms with E-state index >= 15 is 0 Å². The van der Waals surface area contributed by atoms with Crippen LogP contribution in [0.1, 0.15) is 19.6 Å². The van der Waals surface area contributed by atoms with Crippen LogP contribution < -0.4 is 5.32 Å². The lowest BCUT2D eigenvalue weighted by atomic mass is 10.2. The minimum absolute atomic E-state index is 0.232. The number of hydrogen-bond donors (Lipinski definition) is 1. The fourth-order valence-electron chi connectivity index (χ4n) is 1.87. The zero-order valence-electron chi connectivity index (χ0n) is 11.9. The molecule has 1 N–H and O–H groups in total. The van der Waals surface area contributed by atoms with Gasteiger partial charge in [0.15, 0.2) is 0 Å². The Morgan fingerprint density at radius 3 is 2.65 bits per heavy atom. The van der Waals surface area contributed by atoms with Crippen LogP contribution in [0.25, 0.3) is 11.3 Å². The monoisotopic (exact) mass is 293 g/mol. The minimum atomic E-state index is -0.232. The zero-order valence-corrected chi connectivity index (χ0v) is 12.7. The lowest BCUT2D eigenvalue weighted by molar-refractivity contribution is 0.475. The van der Waals surface area contributed by atoms with E-state index in [2.05, 4.69) is 19.2 Å². The van der Waals surface area contributed by atoms with Crippen molar-refractivity contribution in [3.05, 3.63) is 48.0 Å². The first-order valence-electron chi connectivity index (χ1n) is 6.85. The second kappa shape index (κ2) is 7.50. The predicted molar refractivity (Wildman–Crippen MR) is 83.4 cm³/mol. The molecule has 0 saturated heterocycles. The van der Waals surface area contributed by atoms with Gasteiger partial charge in [-0.2, -0.15) is 11.8 Å². The second-order valence-electron chi connectivity index (χ2n) is 4.71. The van der Waals surface area contributed by atoms with Gasteiger partial charge in [-0.25, -0.2) is 4.39 Å². The van der Waals surface area contributed by atoms with Crippen LogP contribution in [0.3, 0.4) is 0 Å². The van der Waals surface area contributed by atoms with Crippen LogP contribution in [0.15, 0.2) is 40.8 Å². The molecule has 2 rings (SSSR count). The summed E-state index contributed by atoms with van der Waals surface area (Å²) in [6.45, 7) is 5.05. The lowest BCUT2D eigenvalue weighted by Gasteiger charge is -2.11. The molecule has 108 valence electrons. The molecule has 2 nitrogen and oxygen atoms in total. The molecule has 0 spiro atoms. The Kier molecular flexibility index (Phi) is 5.68. The van der Waals surface area contributed by atoms with Crippen LogP contribution >= 0.6 is 11.8 Å². The average Bonchev–Trinajstić information content (AvgIpc) is 2.92. The highest BCUT2D eigenvalue weighted by atomic mass is 32.2. The van der Waals surface area contributed by atoms with Crippen LogP contribution in [0.5, 0.6) is 0 Å². The third kappa shape index (κ3) is 4.39. The van der Waals surface area contributed by atoms with E-state index in [1.165, 1.54) is 12.1 Å². The number of thioether (sulfide) groups is 1. The first-order valence-corrected chi connectivity index (χ1v) is 8.00. The van der Waals surface area contributed by atoms with Gasteiger partial charge in [-0.15, -0.1) is 0 Å². The average molecular weight is 293 g/mol. The van der Waals surface area contributed by atoms with Crippen LogP contribution in [0.4, 0.5) is 4.39 Å². The molecular formula is C16H20FNOS. The molecule has 0 radical (unpaired) electrons. The van der Waals surface area contributed by atoms with E-state index in [9.17, 15) is 4.39 Å². The van der Waals surface area contributed by atoms with Crippen molar-refractivity contribution in [3.63, 3.8) is 0 Å². The third-order valence-corrected chi connectivity index (χ3v) is 4.13. The highest BCUT2D eigenvalue weighted by molar-refractivity contribution is 7.99. The summed E-state index contributed by atoms with van der Waals surface area (Å²) >= 11 is 1.93. The molecular weight excluding hydrogens is 273 g/mol. The van der Waals surface area contributed by atoms with Crippen LogP contribution in [0, 0.1) is 5.82 Å². The predicted octanol–water partition coefficient (Wildman–Crippen LogP) is 4.32. The van der Waals surface area contributed by atoms with Gasteiger partial charge in [-0.05, 0) is 49.1 Å². The molecule has 1 aromatic carbocycles. The zero-order chi connectivity index (χ0) is 14.4. The highest BCUT2D eigenvalue weighted by Crippen LogP contribution is 2.22. The van der Waals surface area contributed by atoms with Crippen LogP contribution in [0.2, 0.25) is 0 Å². The molecule has 0 aliphatic heterocycles. The van der Waals surface area contributed by atoms with E-state index in [4.69, 9.17) is 4.42 Å². The van der Waals surface area contributed by atoms with Gasteiger partial charge in [-0.1, -0.05) is 6.92 Å². The highest BCUT2D eigenvalue weighted by Gasteiger charge is 2.06. The maximum Gasteiger partial charge on any atom is 0.134 e. The number of nitrogens with one attached hydrogen (secondary N) is 1. The summed E-state index contributed by atoms with van der Waals surface area (Å²) in [5.74, 6) is 3.68. The summed E-state index contributed by atoms with van der Waals surface area (Å²) in [4.78, 5) is 0. The number of furan rings is 1. The van der Waals surface area contributed by atoms with E-state index in [1.807, 2.05) is 23.9 Å². The number of halogens is 1. The Morgan fingerprint density at radius 2 is 1.95 bits per heavy atom. The standard InChI is InChI=1S/C16H20FNOS/c1-3-20-11-12(2)18-10-15-8-9-16(19-15)13-4-6-14(17)7-5-13/h4-9,12,18H,3,10-11H2,1-2H3. The summed E-state index contributed by atoms with van der Waals surface area (Å²) in [5, 5.41) is 3.43. The molecule has 1 aromatic heterocycles. The Labute approximate surface area is 123 Å². The Bertz CT molecular complexity index is 524. The van der Waals surface area contributed by atoms with Crippen molar-refractivity contribution in [2.75, 3.05) is 11.5 Å². The second-order valence-corrected chi connectivity index (χ2v) is 6.03. The molecule has 0 aliphatic carbocycles. The van der Waals surface area contributed by atoms with Crippen LogP contribution in [-0.2, 0) is 6.54 Å². The van der Waals surface area contributed by atoms with E-state index in [1.54, 1.807) is 12.1 Å². The first kappa shape index (κ1) is 15.1. The Morgan fingerprint density at radius 1 is 1.20 bits per heavy atom. The van der Waals surface area contributed by atoms with Gasteiger partial charge in [0.2, 0.25) is 0 Å². The smallest absolute Gasteiger partial charge is 0.134 e. The fraction of sp³-hybridized carbons (Fsp3) is 0.375. The normalized spacial score (nSPS) is 12.6. The lowest BCUT2D eigenvalue weighted by Crippen LogP contribution is -2.27. The molecule has 4 heteroatoms. The van der Waals surface area contributed by atoms with Crippen molar-refractivity contribution in [3.8, 4) is 11.3 Å². The molecule has 0 saturated carbocycles. The fourth-order valence-corrected chi connectivity index (χ4v) is 2.58. The molecule has 20 heavy (non-hydrogen) atoms. The van der Waals surface area contributed by atoms with Gasteiger partial charge in [0.25, 0.3) is 0 Å². The van der Waals surface area contributed by atoms with E-state index in [0.29, 0.717) is 12.6 Å².